The second-order valence-corrected chi connectivity index (χ2v) is 5.61. The quantitative estimate of drug-likeness (QED) is 0.295. The summed E-state index contributed by atoms with van der Waals surface area (Å²) in [6.45, 7) is 17.1. The van der Waals surface area contributed by atoms with E-state index in [1.165, 1.54) is 24.3 Å². The van der Waals surface area contributed by atoms with Crippen molar-refractivity contribution in [3.05, 3.63) is 106 Å². The zero-order valence-electron chi connectivity index (χ0n) is 20.7. The minimum absolute atomic E-state index is 0.132. The average molecular weight is 457 g/mol. The maximum Gasteiger partial charge on any atom is 0.159 e. The van der Waals surface area contributed by atoms with Crippen LogP contribution in [0.5, 0.6) is 0 Å². The van der Waals surface area contributed by atoms with E-state index in [0.717, 1.165) is 23.8 Å². The summed E-state index contributed by atoms with van der Waals surface area (Å²) in [7, 11) is 0. The summed E-state index contributed by atoms with van der Waals surface area (Å²) in [5.74, 6) is -2.75. The molecule has 0 aromatic heterocycles. The molecule has 0 bridgehead atoms. The van der Waals surface area contributed by atoms with Gasteiger partial charge in [-0.2, -0.15) is 0 Å². The third-order valence-electron chi connectivity index (χ3n) is 3.16. The normalized spacial score (nSPS) is 8.31. The van der Waals surface area contributed by atoms with Gasteiger partial charge < -0.3 is 0 Å². The molecule has 0 fully saturated rings. The molecule has 0 spiro atoms. The van der Waals surface area contributed by atoms with E-state index in [1.54, 1.807) is 32.9 Å². The fourth-order valence-corrected chi connectivity index (χ4v) is 1.84. The summed E-state index contributed by atoms with van der Waals surface area (Å²) < 4.78 is 61.0. The summed E-state index contributed by atoms with van der Waals surface area (Å²) in [6.07, 6.45) is 0. The Labute approximate surface area is 191 Å². The maximum absolute atomic E-state index is 12.3. The highest BCUT2D eigenvalue weighted by Crippen LogP contribution is 2.07. The first kappa shape index (κ1) is 33.9. The average Bonchev–Trinajstić information content (AvgIpc) is 2.77. The minimum atomic E-state index is -0.791. The molecule has 180 valence electrons. The topological polar surface area (TPSA) is 0 Å². The first-order valence-corrected chi connectivity index (χ1v) is 10.7. The van der Waals surface area contributed by atoms with Gasteiger partial charge in [-0.25, -0.2) is 22.0 Å². The zero-order valence-corrected chi connectivity index (χ0v) is 20.7. The van der Waals surface area contributed by atoms with Crippen LogP contribution in [0.2, 0.25) is 0 Å². The number of hydrogen-bond acceptors (Lipinski definition) is 0. The predicted octanol–water partition coefficient (Wildman–Crippen LogP) is 9.76. The van der Waals surface area contributed by atoms with Gasteiger partial charge in [0.2, 0.25) is 0 Å². The van der Waals surface area contributed by atoms with Gasteiger partial charge in [0.1, 0.15) is 17.5 Å². The van der Waals surface area contributed by atoms with Crippen molar-refractivity contribution in [1.29, 1.82) is 0 Å². The lowest BCUT2D eigenvalue weighted by molar-refractivity contribution is 0.508. The monoisotopic (exact) mass is 456 g/mol. The molecule has 0 aliphatic rings. The van der Waals surface area contributed by atoms with Crippen LogP contribution in [0.25, 0.3) is 0 Å². The molecule has 0 heterocycles. The molecular formula is C27H37F5. The smallest absolute Gasteiger partial charge is 0.159 e. The van der Waals surface area contributed by atoms with Crippen LogP contribution in [-0.2, 0) is 0 Å². The number of benzene rings is 3. The zero-order chi connectivity index (χ0) is 25.7. The number of hydrogen-bond donors (Lipinski definition) is 0. The van der Waals surface area contributed by atoms with E-state index in [-0.39, 0.29) is 5.82 Å². The lowest BCUT2D eigenvalue weighted by atomic mass is 10.2. The molecule has 0 saturated heterocycles. The van der Waals surface area contributed by atoms with E-state index in [1.807, 2.05) is 47.6 Å². The van der Waals surface area contributed by atoms with E-state index < -0.39 is 23.3 Å². The number of rotatable bonds is 0. The number of halogens is 5. The first-order chi connectivity index (χ1) is 15.2. The van der Waals surface area contributed by atoms with Gasteiger partial charge in [-0.05, 0) is 67.8 Å². The highest BCUT2D eigenvalue weighted by Gasteiger charge is 1.97. The molecule has 0 nitrogen and oxygen atoms in total. The van der Waals surface area contributed by atoms with Crippen LogP contribution >= 0.6 is 0 Å². The van der Waals surface area contributed by atoms with Crippen molar-refractivity contribution in [3.63, 3.8) is 0 Å². The van der Waals surface area contributed by atoms with Crippen molar-refractivity contribution in [2.75, 3.05) is 0 Å². The van der Waals surface area contributed by atoms with E-state index in [4.69, 9.17) is 0 Å². The van der Waals surface area contributed by atoms with Crippen molar-refractivity contribution >= 4 is 0 Å². The summed E-state index contributed by atoms with van der Waals surface area (Å²) in [5, 5.41) is 0. The van der Waals surface area contributed by atoms with Crippen LogP contribution < -0.4 is 0 Å². The Morgan fingerprint density at radius 1 is 0.438 bits per heavy atom. The molecule has 0 amide bonds. The third-order valence-corrected chi connectivity index (χ3v) is 3.16. The molecule has 0 unspecified atom stereocenters. The molecule has 0 aliphatic heterocycles. The van der Waals surface area contributed by atoms with E-state index >= 15 is 0 Å². The molecule has 0 aliphatic carbocycles. The fourth-order valence-electron chi connectivity index (χ4n) is 1.84. The van der Waals surface area contributed by atoms with Crippen LogP contribution in [0.15, 0.2) is 60.7 Å². The second-order valence-electron chi connectivity index (χ2n) is 5.61. The van der Waals surface area contributed by atoms with Crippen LogP contribution in [0.3, 0.4) is 0 Å². The summed E-state index contributed by atoms with van der Waals surface area (Å²) in [6, 6.07) is 13.9. The standard InChI is InChI=1S/2C7H6F2.C7H7F.3C2H6/c1-5-2-6(8)4-7(9)3-5;1-5-2-3-6(8)7(9)4-5;1-6-4-2-3-5-7(6)8;3*1-2/h2*2-4H,1H3;2-5H,1H3;3*1-2H3. The lowest BCUT2D eigenvalue weighted by Crippen LogP contribution is -1.82. The second kappa shape index (κ2) is 21.5. The summed E-state index contributed by atoms with van der Waals surface area (Å²) in [4.78, 5) is 0. The van der Waals surface area contributed by atoms with Gasteiger partial charge in [-0.15, -0.1) is 0 Å². The Hall–Kier alpha value is -2.69. The number of aryl methyl sites for hydroxylation is 3. The van der Waals surface area contributed by atoms with Gasteiger partial charge in [0.15, 0.2) is 11.6 Å². The highest BCUT2D eigenvalue weighted by atomic mass is 19.2. The molecule has 0 atom stereocenters. The molecule has 3 aromatic carbocycles. The first-order valence-electron chi connectivity index (χ1n) is 10.7. The summed E-state index contributed by atoms with van der Waals surface area (Å²) in [5.41, 5.74) is 2.04. The van der Waals surface area contributed by atoms with Crippen LogP contribution in [0.1, 0.15) is 58.2 Å². The Morgan fingerprint density at radius 3 is 1.22 bits per heavy atom. The van der Waals surface area contributed by atoms with Crippen LogP contribution in [0, 0.1) is 49.9 Å². The molecule has 32 heavy (non-hydrogen) atoms. The molecule has 3 rings (SSSR count). The minimum Gasteiger partial charge on any atom is -0.207 e. The largest absolute Gasteiger partial charge is 0.207 e. The van der Waals surface area contributed by atoms with Gasteiger partial charge in [0.05, 0.1) is 0 Å². The van der Waals surface area contributed by atoms with Crippen molar-refractivity contribution in [3.8, 4) is 0 Å². The third kappa shape index (κ3) is 17.0. The Balaban J connectivity index is -0.000000353. The SMILES string of the molecule is CC.CC.CC.Cc1cc(F)cc(F)c1.Cc1ccc(F)c(F)c1.Cc1ccccc1F. The van der Waals surface area contributed by atoms with Crippen molar-refractivity contribution in [2.45, 2.75) is 62.3 Å². The maximum atomic E-state index is 12.3. The fraction of sp³-hybridized carbons (Fsp3) is 0.333. The molecule has 3 aromatic rings. The predicted molar refractivity (Wildman–Crippen MR) is 127 cm³/mol. The molecular weight excluding hydrogens is 419 g/mol. The van der Waals surface area contributed by atoms with Gasteiger partial charge in [0, 0.05) is 6.07 Å². The van der Waals surface area contributed by atoms with Crippen LogP contribution in [0.4, 0.5) is 22.0 Å². The molecule has 0 radical (unpaired) electrons. The molecule has 5 heteroatoms. The Kier molecular flexibility index (Phi) is 22.8. The lowest BCUT2D eigenvalue weighted by Gasteiger charge is -1.91. The van der Waals surface area contributed by atoms with Crippen molar-refractivity contribution in [1.82, 2.24) is 0 Å². The summed E-state index contributed by atoms with van der Waals surface area (Å²) >= 11 is 0. The van der Waals surface area contributed by atoms with Gasteiger partial charge in [0.25, 0.3) is 0 Å². The Bertz CT molecular complexity index is 774. The van der Waals surface area contributed by atoms with Gasteiger partial charge >= 0.3 is 0 Å². The molecule has 0 saturated carbocycles. The van der Waals surface area contributed by atoms with Gasteiger partial charge in [-0.1, -0.05) is 65.8 Å². The van der Waals surface area contributed by atoms with Crippen LogP contribution in [-0.4, -0.2) is 0 Å². The molecule has 0 N–H and O–H groups in total. The van der Waals surface area contributed by atoms with Gasteiger partial charge in [-0.3, -0.25) is 0 Å². The van der Waals surface area contributed by atoms with E-state index in [2.05, 4.69) is 0 Å². The highest BCUT2D eigenvalue weighted by molar-refractivity contribution is 5.16. The van der Waals surface area contributed by atoms with E-state index in [9.17, 15) is 22.0 Å². The van der Waals surface area contributed by atoms with Crippen molar-refractivity contribution in [2.24, 2.45) is 0 Å². The Morgan fingerprint density at radius 2 is 0.906 bits per heavy atom. The van der Waals surface area contributed by atoms with E-state index in [0.29, 0.717) is 11.1 Å². The van der Waals surface area contributed by atoms with Crippen molar-refractivity contribution < 1.29 is 22.0 Å².